The number of benzene rings is 1. The van der Waals surface area contributed by atoms with Crippen LogP contribution in [0.5, 0.6) is 0 Å². The fraction of sp³-hybridized carbons (Fsp3) is 0.308. The molecule has 84 valence electrons. The first-order valence-electron chi connectivity index (χ1n) is 5.49. The molecule has 0 saturated heterocycles. The average Bonchev–Trinajstić information content (AvgIpc) is 2.31. The summed E-state index contributed by atoms with van der Waals surface area (Å²) in [5, 5.41) is 9.93. The maximum atomic E-state index is 9.93. The molecule has 0 amide bonds. The lowest BCUT2D eigenvalue weighted by atomic mass is 10.1. The van der Waals surface area contributed by atoms with Gasteiger partial charge in [0.25, 0.3) is 0 Å². The van der Waals surface area contributed by atoms with Crippen molar-refractivity contribution >= 4 is 6.34 Å². The Hall–Kier alpha value is -1.61. The lowest BCUT2D eigenvalue weighted by Gasteiger charge is -2.22. The van der Waals surface area contributed by atoms with E-state index in [0.29, 0.717) is 13.0 Å². The van der Waals surface area contributed by atoms with Gasteiger partial charge in [-0.3, -0.25) is 0 Å². The topological polar surface area (TPSA) is 35.8 Å². The summed E-state index contributed by atoms with van der Waals surface area (Å²) in [7, 11) is 0. The van der Waals surface area contributed by atoms with E-state index in [2.05, 4.69) is 4.99 Å². The van der Waals surface area contributed by atoms with Gasteiger partial charge < -0.3 is 10.0 Å². The second-order valence-electron chi connectivity index (χ2n) is 3.95. The molecule has 1 aromatic rings. The lowest BCUT2D eigenvalue weighted by Crippen LogP contribution is -2.33. The molecule has 3 heteroatoms. The van der Waals surface area contributed by atoms with Gasteiger partial charge in [0.2, 0.25) is 0 Å². The van der Waals surface area contributed by atoms with Crippen LogP contribution in [0.25, 0.3) is 0 Å². The molecule has 0 fully saturated rings. The molecule has 0 saturated carbocycles. The molecule has 2 rings (SSSR count). The van der Waals surface area contributed by atoms with Gasteiger partial charge in [-0.15, -0.1) is 0 Å². The standard InChI is InChI=1S/C13H16N2O/c16-13(9-12-5-2-1-3-6-12)10-15-8-4-7-14-11-15/h1-7,11,13,16H,8-10H2. The van der Waals surface area contributed by atoms with Gasteiger partial charge in [0, 0.05) is 25.7 Å². The van der Waals surface area contributed by atoms with Gasteiger partial charge >= 0.3 is 0 Å². The van der Waals surface area contributed by atoms with E-state index in [9.17, 15) is 5.11 Å². The van der Waals surface area contributed by atoms with Crippen LogP contribution in [0.4, 0.5) is 0 Å². The van der Waals surface area contributed by atoms with Gasteiger partial charge in [0.15, 0.2) is 0 Å². The third-order valence-corrected chi connectivity index (χ3v) is 2.52. The van der Waals surface area contributed by atoms with Crippen LogP contribution in [0.2, 0.25) is 0 Å². The molecule has 0 spiro atoms. The van der Waals surface area contributed by atoms with Crippen molar-refractivity contribution in [1.82, 2.24) is 4.90 Å². The largest absolute Gasteiger partial charge is 0.391 e. The molecule has 16 heavy (non-hydrogen) atoms. The van der Waals surface area contributed by atoms with E-state index in [1.807, 2.05) is 41.3 Å². The molecule has 1 aliphatic heterocycles. The number of β-amino-alcohol motifs (C(OH)–C–C–N with tert-alkyl or cyclic N) is 1. The van der Waals surface area contributed by atoms with Gasteiger partial charge in [-0.1, -0.05) is 30.3 Å². The number of aliphatic hydroxyl groups excluding tert-OH is 1. The summed E-state index contributed by atoms with van der Waals surface area (Å²) in [5.41, 5.74) is 1.17. The molecule has 1 aromatic carbocycles. The normalized spacial score (nSPS) is 16.4. The van der Waals surface area contributed by atoms with E-state index in [-0.39, 0.29) is 6.10 Å². The second kappa shape index (κ2) is 5.47. The van der Waals surface area contributed by atoms with E-state index >= 15 is 0 Å². The molecule has 1 aliphatic rings. The number of rotatable bonds is 4. The Morgan fingerprint density at radius 2 is 2.12 bits per heavy atom. The first kappa shape index (κ1) is 10.9. The zero-order chi connectivity index (χ0) is 11.2. The minimum atomic E-state index is -0.347. The quantitative estimate of drug-likeness (QED) is 0.826. The van der Waals surface area contributed by atoms with Crippen molar-refractivity contribution in [2.75, 3.05) is 13.1 Å². The highest BCUT2D eigenvalue weighted by atomic mass is 16.3. The van der Waals surface area contributed by atoms with Gasteiger partial charge in [-0.05, 0) is 11.6 Å². The van der Waals surface area contributed by atoms with Crippen molar-refractivity contribution in [1.29, 1.82) is 0 Å². The van der Waals surface area contributed by atoms with Crippen LogP contribution in [0.1, 0.15) is 5.56 Å². The Morgan fingerprint density at radius 1 is 1.31 bits per heavy atom. The van der Waals surface area contributed by atoms with Gasteiger partial charge in [0.1, 0.15) is 0 Å². The maximum absolute atomic E-state index is 9.93. The molecule has 0 radical (unpaired) electrons. The van der Waals surface area contributed by atoms with Crippen molar-refractivity contribution in [2.45, 2.75) is 12.5 Å². The number of nitrogens with zero attached hydrogens (tertiary/aromatic N) is 2. The summed E-state index contributed by atoms with van der Waals surface area (Å²) in [6, 6.07) is 10.0. The Balaban J connectivity index is 1.82. The van der Waals surface area contributed by atoms with Crippen LogP contribution in [0.15, 0.2) is 47.6 Å². The average molecular weight is 216 g/mol. The van der Waals surface area contributed by atoms with Gasteiger partial charge in [-0.25, -0.2) is 4.99 Å². The van der Waals surface area contributed by atoms with Crippen molar-refractivity contribution in [3.63, 3.8) is 0 Å². The van der Waals surface area contributed by atoms with Crippen LogP contribution < -0.4 is 0 Å². The molecule has 0 aromatic heterocycles. The Kier molecular flexibility index (Phi) is 3.72. The molecule has 0 aliphatic carbocycles. The zero-order valence-electron chi connectivity index (χ0n) is 9.16. The number of aliphatic imine (C=N–C) groups is 1. The Morgan fingerprint density at radius 3 is 2.81 bits per heavy atom. The highest BCUT2D eigenvalue weighted by Crippen LogP contribution is 2.05. The highest BCUT2D eigenvalue weighted by molar-refractivity contribution is 5.57. The predicted octanol–water partition coefficient (Wildman–Crippen LogP) is 1.45. The van der Waals surface area contributed by atoms with Crippen LogP contribution in [-0.4, -0.2) is 35.5 Å². The lowest BCUT2D eigenvalue weighted by molar-refractivity contribution is 0.147. The van der Waals surface area contributed by atoms with E-state index in [1.165, 1.54) is 5.56 Å². The van der Waals surface area contributed by atoms with Crippen LogP contribution in [0.3, 0.4) is 0 Å². The maximum Gasteiger partial charge on any atom is 0.0908 e. The Bertz CT molecular complexity index is 373. The van der Waals surface area contributed by atoms with E-state index in [1.54, 1.807) is 12.5 Å². The molecule has 3 nitrogen and oxygen atoms in total. The summed E-state index contributed by atoms with van der Waals surface area (Å²) in [6.45, 7) is 1.46. The van der Waals surface area contributed by atoms with Crippen molar-refractivity contribution < 1.29 is 5.11 Å². The number of aliphatic hydroxyl groups is 1. The SMILES string of the molecule is OC(Cc1ccccc1)CN1C=NC=CC1. The van der Waals surface area contributed by atoms with Gasteiger partial charge in [0.05, 0.1) is 12.4 Å². The minimum absolute atomic E-state index is 0.347. The first-order valence-corrected chi connectivity index (χ1v) is 5.49. The third-order valence-electron chi connectivity index (χ3n) is 2.52. The number of hydrogen-bond donors (Lipinski definition) is 1. The van der Waals surface area contributed by atoms with Gasteiger partial charge in [-0.2, -0.15) is 0 Å². The molecule has 1 N–H and O–H groups in total. The molecule has 1 heterocycles. The monoisotopic (exact) mass is 216 g/mol. The highest BCUT2D eigenvalue weighted by Gasteiger charge is 2.09. The number of hydrogen-bond acceptors (Lipinski definition) is 3. The van der Waals surface area contributed by atoms with E-state index < -0.39 is 0 Å². The first-order chi connectivity index (χ1) is 7.84. The zero-order valence-corrected chi connectivity index (χ0v) is 9.16. The smallest absolute Gasteiger partial charge is 0.0908 e. The minimum Gasteiger partial charge on any atom is -0.391 e. The third kappa shape index (κ3) is 3.21. The predicted molar refractivity (Wildman–Crippen MR) is 65.4 cm³/mol. The summed E-state index contributed by atoms with van der Waals surface area (Å²) < 4.78 is 0. The summed E-state index contributed by atoms with van der Waals surface area (Å²) in [4.78, 5) is 6.04. The van der Waals surface area contributed by atoms with Crippen molar-refractivity contribution in [3.8, 4) is 0 Å². The van der Waals surface area contributed by atoms with E-state index in [4.69, 9.17) is 0 Å². The summed E-state index contributed by atoms with van der Waals surface area (Å²) in [6.07, 6.45) is 5.87. The van der Waals surface area contributed by atoms with Crippen molar-refractivity contribution in [2.24, 2.45) is 4.99 Å². The molecule has 0 bridgehead atoms. The molecular weight excluding hydrogens is 200 g/mol. The van der Waals surface area contributed by atoms with Crippen molar-refractivity contribution in [3.05, 3.63) is 48.2 Å². The fourth-order valence-electron chi connectivity index (χ4n) is 1.77. The van der Waals surface area contributed by atoms with Crippen LogP contribution >= 0.6 is 0 Å². The van der Waals surface area contributed by atoms with Crippen LogP contribution in [-0.2, 0) is 6.42 Å². The molecule has 1 atom stereocenters. The summed E-state index contributed by atoms with van der Waals surface area (Å²) in [5.74, 6) is 0. The second-order valence-corrected chi connectivity index (χ2v) is 3.95. The molecule has 1 unspecified atom stereocenters. The fourth-order valence-corrected chi connectivity index (χ4v) is 1.77. The molecular formula is C13H16N2O. The Labute approximate surface area is 95.7 Å². The summed E-state index contributed by atoms with van der Waals surface area (Å²) >= 11 is 0. The van der Waals surface area contributed by atoms with Crippen LogP contribution in [0, 0.1) is 0 Å². The van der Waals surface area contributed by atoms with E-state index in [0.717, 1.165) is 6.54 Å².